The molecule has 1 heterocycles. The van der Waals surface area contributed by atoms with Gasteiger partial charge in [0, 0.05) is 13.2 Å². The minimum Gasteiger partial charge on any atom is -0.355 e. The molecule has 2 aromatic rings. The van der Waals surface area contributed by atoms with Gasteiger partial charge in [0.25, 0.3) is 5.91 Å². The summed E-state index contributed by atoms with van der Waals surface area (Å²) in [7, 11) is 1.35. The molecular formula is C13H10F4N4O. The summed E-state index contributed by atoms with van der Waals surface area (Å²) >= 11 is 0. The zero-order valence-electron chi connectivity index (χ0n) is 11.2. The molecule has 0 aliphatic heterocycles. The van der Waals surface area contributed by atoms with Crippen LogP contribution >= 0.6 is 0 Å². The minimum absolute atomic E-state index is 0.0179. The number of hydrogen-bond acceptors (Lipinski definition) is 4. The number of aromatic nitrogens is 2. The largest absolute Gasteiger partial charge is 0.421 e. The highest BCUT2D eigenvalue weighted by Gasteiger charge is 2.35. The predicted molar refractivity (Wildman–Crippen MR) is 70.1 cm³/mol. The van der Waals surface area contributed by atoms with E-state index in [2.05, 4.69) is 20.6 Å². The van der Waals surface area contributed by atoms with Crippen LogP contribution in [0.5, 0.6) is 0 Å². The van der Waals surface area contributed by atoms with Crippen molar-refractivity contribution in [2.45, 2.75) is 6.18 Å². The van der Waals surface area contributed by atoms with Crippen molar-refractivity contribution in [1.29, 1.82) is 0 Å². The van der Waals surface area contributed by atoms with Crippen molar-refractivity contribution in [1.82, 2.24) is 15.3 Å². The van der Waals surface area contributed by atoms with E-state index < -0.39 is 29.3 Å². The molecule has 0 bridgehead atoms. The third-order valence-corrected chi connectivity index (χ3v) is 2.72. The summed E-state index contributed by atoms with van der Waals surface area (Å²) < 4.78 is 52.0. The molecule has 0 aliphatic carbocycles. The fourth-order valence-corrected chi connectivity index (χ4v) is 1.72. The van der Waals surface area contributed by atoms with Crippen molar-refractivity contribution in [3.8, 4) is 0 Å². The molecule has 0 radical (unpaired) electrons. The molecule has 5 nitrogen and oxygen atoms in total. The fraction of sp³-hybridized carbons (Fsp3) is 0.154. The number of carbonyl (C=O) groups excluding carboxylic acids is 1. The van der Waals surface area contributed by atoms with Crippen LogP contribution in [0.2, 0.25) is 0 Å². The number of nitrogens with one attached hydrogen (secondary N) is 2. The first-order valence-electron chi connectivity index (χ1n) is 5.98. The molecule has 0 fully saturated rings. The molecule has 2 N–H and O–H groups in total. The number of benzene rings is 1. The van der Waals surface area contributed by atoms with Gasteiger partial charge >= 0.3 is 6.18 Å². The first kappa shape index (κ1) is 15.7. The Bertz CT molecular complexity index is 703. The lowest BCUT2D eigenvalue weighted by atomic mass is 10.1. The van der Waals surface area contributed by atoms with E-state index in [0.717, 1.165) is 24.5 Å². The summed E-state index contributed by atoms with van der Waals surface area (Å²) in [4.78, 5) is 18.5. The number of anilines is 2. The third-order valence-electron chi connectivity index (χ3n) is 2.72. The van der Waals surface area contributed by atoms with E-state index in [-0.39, 0.29) is 11.3 Å². The van der Waals surface area contributed by atoms with Gasteiger partial charge in [-0.3, -0.25) is 4.79 Å². The quantitative estimate of drug-likeness (QED) is 0.855. The molecule has 116 valence electrons. The molecule has 2 rings (SSSR count). The van der Waals surface area contributed by atoms with Crippen LogP contribution in [-0.2, 0) is 6.18 Å². The van der Waals surface area contributed by atoms with Gasteiger partial charge < -0.3 is 10.6 Å². The number of hydrogen-bond donors (Lipinski definition) is 2. The van der Waals surface area contributed by atoms with E-state index in [1.807, 2.05) is 0 Å². The van der Waals surface area contributed by atoms with E-state index in [4.69, 9.17) is 0 Å². The lowest BCUT2D eigenvalue weighted by Gasteiger charge is -2.14. The Labute approximate surface area is 122 Å². The topological polar surface area (TPSA) is 66.9 Å². The van der Waals surface area contributed by atoms with Crippen molar-refractivity contribution < 1.29 is 22.4 Å². The molecule has 1 amide bonds. The summed E-state index contributed by atoms with van der Waals surface area (Å²) in [5, 5.41) is 4.65. The van der Waals surface area contributed by atoms with E-state index in [0.29, 0.717) is 6.20 Å². The van der Waals surface area contributed by atoms with E-state index >= 15 is 0 Å². The molecule has 1 aromatic carbocycles. The summed E-state index contributed by atoms with van der Waals surface area (Å²) in [6.07, 6.45) is -3.19. The Morgan fingerprint density at radius 2 is 2.00 bits per heavy atom. The summed E-state index contributed by atoms with van der Waals surface area (Å²) in [6.45, 7) is 0. The van der Waals surface area contributed by atoms with Gasteiger partial charge in [0.2, 0.25) is 0 Å². The SMILES string of the molecule is CNC(=O)c1ccc(F)cc1Nc1ncncc1C(F)(F)F. The smallest absolute Gasteiger partial charge is 0.355 e. The van der Waals surface area contributed by atoms with Crippen molar-refractivity contribution in [3.05, 3.63) is 47.7 Å². The van der Waals surface area contributed by atoms with Crippen molar-refractivity contribution in [2.24, 2.45) is 0 Å². The molecule has 0 spiro atoms. The van der Waals surface area contributed by atoms with Gasteiger partial charge in [0.05, 0.1) is 11.3 Å². The van der Waals surface area contributed by atoms with Crippen LogP contribution in [0.4, 0.5) is 29.1 Å². The molecule has 0 atom stereocenters. The van der Waals surface area contributed by atoms with Crippen LogP contribution in [-0.4, -0.2) is 22.9 Å². The van der Waals surface area contributed by atoms with Crippen LogP contribution in [0.15, 0.2) is 30.7 Å². The van der Waals surface area contributed by atoms with Gasteiger partial charge in [-0.1, -0.05) is 0 Å². The van der Waals surface area contributed by atoms with Crippen molar-refractivity contribution >= 4 is 17.4 Å². The van der Waals surface area contributed by atoms with Crippen LogP contribution < -0.4 is 10.6 Å². The molecule has 0 saturated heterocycles. The number of halogens is 4. The maximum Gasteiger partial charge on any atom is 0.421 e. The van der Waals surface area contributed by atoms with Gasteiger partial charge in [0.1, 0.15) is 23.5 Å². The normalized spacial score (nSPS) is 11.1. The Kier molecular flexibility index (Phi) is 4.25. The van der Waals surface area contributed by atoms with E-state index in [9.17, 15) is 22.4 Å². The Morgan fingerprint density at radius 1 is 1.27 bits per heavy atom. The number of nitrogens with zero attached hydrogens (tertiary/aromatic N) is 2. The average Bonchev–Trinajstić information content (AvgIpc) is 2.46. The maximum atomic E-state index is 13.3. The molecule has 0 unspecified atom stereocenters. The number of carbonyl (C=O) groups is 1. The molecule has 0 saturated carbocycles. The fourth-order valence-electron chi connectivity index (χ4n) is 1.72. The molecule has 0 aliphatic rings. The van der Waals surface area contributed by atoms with Crippen LogP contribution in [0.25, 0.3) is 0 Å². The highest BCUT2D eigenvalue weighted by atomic mass is 19.4. The lowest BCUT2D eigenvalue weighted by molar-refractivity contribution is -0.137. The van der Waals surface area contributed by atoms with Gasteiger partial charge in [-0.2, -0.15) is 13.2 Å². The van der Waals surface area contributed by atoms with Gasteiger partial charge in [-0.05, 0) is 18.2 Å². The minimum atomic E-state index is -4.69. The second kappa shape index (κ2) is 5.96. The summed E-state index contributed by atoms with van der Waals surface area (Å²) in [5.41, 5.74) is -1.28. The molecular weight excluding hydrogens is 304 g/mol. The second-order valence-electron chi connectivity index (χ2n) is 4.18. The first-order chi connectivity index (χ1) is 10.3. The number of amides is 1. The first-order valence-corrected chi connectivity index (χ1v) is 5.98. The molecule has 9 heteroatoms. The standard InChI is InChI=1S/C13H10F4N4O/c1-18-12(22)8-3-2-7(14)4-10(8)21-11-9(13(15,16)17)5-19-6-20-11/h2-6H,1H3,(H,18,22)(H,19,20,21). The Balaban J connectivity index is 2.48. The number of rotatable bonds is 3. The molecule has 1 aromatic heterocycles. The Morgan fingerprint density at radius 3 is 2.64 bits per heavy atom. The van der Waals surface area contributed by atoms with Crippen molar-refractivity contribution in [2.75, 3.05) is 12.4 Å². The highest BCUT2D eigenvalue weighted by Crippen LogP contribution is 2.34. The van der Waals surface area contributed by atoms with Crippen LogP contribution in [0.3, 0.4) is 0 Å². The highest BCUT2D eigenvalue weighted by molar-refractivity contribution is 6.00. The maximum absolute atomic E-state index is 13.3. The predicted octanol–water partition coefficient (Wildman–Crippen LogP) is 2.74. The van der Waals surface area contributed by atoms with Gasteiger partial charge in [-0.15, -0.1) is 0 Å². The summed E-state index contributed by atoms with van der Waals surface area (Å²) in [5.74, 6) is -1.86. The summed E-state index contributed by atoms with van der Waals surface area (Å²) in [6, 6.07) is 3.10. The van der Waals surface area contributed by atoms with Crippen molar-refractivity contribution in [3.63, 3.8) is 0 Å². The van der Waals surface area contributed by atoms with Crippen LogP contribution in [0, 0.1) is 5.82 Å². The zero-order valence-corrected chi connectivity index (χ0v) is 11.2. The van der Waals surface area contributed by atoms with Gasteiger partial charge in [0.15, 0.2) is 0 Å². The monoisotopic (exact) mass is 314 g/mol. The Hall–Kier alpha value is -2.71. The number of alkyl halides is 3. The van der Waals surface area contributed by atoms with E-state index in [1.165, 1.54) is 7.05 Å². The average molecular weight is 314 g/mol. The van der Waals surface area contributed by atoms with Gasteiger partial charge in [-0.25, -0.2) is 14.4 Å². The molecule has 22 heavy (non-hydrogen) atoms. The lowest BCUT2D eigenvalue weighted by Crippen LogP contribution is -2.20. The zero-order chi connectivity index (χ0) is 16.3. The van der Waals surface area contributed by atoms with E-state index in [1.54, 1.807) is 0 Å². The second-order valence-corrected chi connectivity index (χ2v) is 4.18. The third kappa shape index (κ3) is 3.30. The van der Waals surface area contributed by atoms with Crippen LogP contribution in [0.1, 0.15) is 15.9 Å².